The number of fused-ring (bicyclic) bond motifs is 3. The van der Waals surface area contributed by atoms with Crippen LogP contribution in [0.1, 0.15) is 62.4 Å². The first-order valence-corrected chi connectivity index (χ1v) is 12.2. The van der Waals surface area contributed by atoms with E-state index < -0.39 is 14.8 Å². The monoisotopic (exact) mass is 426 g/mol. The van der Waals surface area contributed by atoms with Gasteiger partial charge in [0.1, 0.15) is 0 Å². The van der Waals surface area contributed by atoms with Gasteiger partial charge in [0.15, 0.2) is 5.78 Å². The van der Waals surface area contributed by atoms with Gasteiger partial charge in [-0.05, 0) is 75.6 Å². The smallest absolute Gasteiger partial charge is 0.216 e. The highest BCUT2D eigenvalue weighted by atomic mass is 32.2. The molecule has 0 spiro atoms. The molecule has 0 aliphatic heterocycles. The summed E-state index contributed by atoms with van der Waals surface area (Å²) in [6.07, 6.45) is 3.69. The maximum Gasteiger partial charge on any atom is 0.216 e. The molecule has 0 unspecified atom stereocenters. The van der Waals surface area contributed by atoms with Crippen LogP contribution in [0.15, 0.2) is 42.5 Å². The second kappa shape index (κ2) is 7.82. The van der Waals surface area contributed by atoms with E-state index in [4.69, 9.17) is 0 Å². The summed E-state index contributed by atoms with van der Waals surface area (Å²) in [5.74, 6) is 0.595. The molecule has 6 heteroatoms. The second-order valence-corrected chi connectivity index (χ2v) is 11.9. The van der Waals surface area contributed by atoms with Gasteiger partial charge in [-0.25, -0.2) is 13.1 Å². The summed E-state index contributed by atoms with van der Waals surface area (Å²) < 4.78 is 26.8. The van der Waals surface area contributed by atoms with E-state index in [9.17, 15) is 13.2 Å². The number of nitrogens with one attached hydrogen (secondary N) is 2. The minimum atomic E-state index is -3.30. The van der Waals surface area contributed by atoms with Crippen molar-refractivity contribution in [2.45, 2.75) is 57.2 Å². The largest absolute Gasteiger partial charge is 0.385 e. The van der Waals surface area contributed by atoms with Crippen molar-refractivity contribution >= 4 is 21.5 Å². The van der Waals surface area contributed by atoms with E-state index in [1.54, 1.807) is 20.8 Å². The molecule has 0 saturated heterocycles. The average Bonchev–Trinajstić information content (AvgIpc) is 2.99. The van der Waals surface area contributed by atoms with Gasteiger partial charge in [0, 0.05) is 29.4 Å². The van der Waals surface area contributed by atoms with Gasteiger partial charge in [-0.15, -0.1) is 0 Å². The number of sulfonamides is 1. The lowest BCUT2D eigenvalue weighted by atomic mass is 9.86. The molecule has 30 heavy (non-hydrogen) atoms. The highest BCUT2D eigenvalue weighted by molar-refractivity contribution is 7.90. The van der Waals surface area contributed by atoms with Crippen LogP contribution in [0.3, 0.4) is 0 Å². The molecular formula is C24H30N2O3S. The van der Waals surface area contributed by atoms with Gasteiger partial charge in [0.2, 0.25) is 10.0 Å². The first-order valence-electron chi connectivity index (χ1n) is 10.7. The van der Waals surface area contributed by atoms with Crippen molar-refractivity contribution in [3.05, 3.63) is 53.6 Å². The van der Waals surface area contributed by atoms with Crippen LogP contribution in [0.5, 0.6) is 0 Å². The predicted octanol–water partition coefficient (Wildman–Crippen LogP) is 4.59. The van der Waals surface area contributed by atoms with Crippen molar-refractivity contribution in [2.75, 3.05) is 11.9 Å². The minimum Gasteiger partial charge on any atom is -0.385 e. The molecule has 0 aromatic heterocycles. The second-order valence-electron chi connectivity index (χ2n) is 9.47. The Morgan fingerprint density at radius 2 is 1.53 bits per heavy atom. The normalized spacial score (nSPS) is 21.2. The summed E-state index contributed by atoms with van der Waals surface area (Å²) in [6.45, 7) is 6.01. The molecule has 1 fully saturated rings. The topological polar surface area (TPSA) is 75.3 Å². The molecular weight excluding hydrogens is 396 g/mol. The van der Waals surface area contributed by atoms with E-state index in [0.29, 0.717) is 5.92 Å². The maximum atomic E-state index is 12.7. The summed E-state index contributed by atoms with van der Waals surface area (Å²) in [4.78, 5) is 12.7. The molecule has 5 nitrogen and oxygen atoms in total. The molecule has 0 bridgehead atoms. The summed E-state index contributed by atoms with van der Waals surface area (Å²) in [5.41, 5.74) is 4.53. The van der Waals surface area contributed by atoms with E-state index >= 15 is 0 Å². The molecule has 0 heterocycles. The summed E-state index contributed by atoms with van der Waals surface area (Å²) in [6, 6.07) is 13.8. The number of hydrogen-bond donors (Lipinski definition) is 2. The quantitative estimate of drug-likeness (QED) is 0.626. The molecule has 2 aromatic carbocycles. The lowest BCUT2D eigenvalue weighted by molar-refractivity contribution is 0.104. The van der Waals surface area contributed by atoms with Crippen molar-refractivity contribution in [2.24, 2.45) is 5.92 Å². The highest BCUT2D eigenvalue weighted by Crippen LogP contribution is 2.37. The Balaban J connectivity index is 1.33. The number of rotatable bonds is 5. The van der Waals surface area contributed by atoms with Crippen molar-refractivity contribution < 1.29 is 13.2 Å². The molecule has 0 amide bonds. The number of benzene rings is 2. The number of anilines is 1. The Bertz CT molecular complexity index is 1060. The fourth-order valence-electron chi connectivity index (χ4n) is 4.28. The van der Waals surface area contributed by atoms with Crippen LogP contribution >= 0.6 is 0 Å². The fraction of sp³-hybridized carbons (Fsp3) is 0.458. The molecule has 4 rings (SSSR count). The van der Waals surface area contributed by atoms with Crippen molar-refractivity contribution in [3.63, 3.8) is 0 Å². The Hall–Kier alpha value is -2.18. The van der Waals surface area contributed by atoms with Gasteiger partial charge in [0.25, 0.3) is 0 Å². The van der Waals surface area contributed by atoms with Crippen LogP contribution in [0.25, 0.3) is 11.1 Å². The van der Waals surface area contributed by atoms with Crippen molar-refractivity contribution in [1.82, 2.24) is 4.72 Å². The fourth-order valence-corrected chi connectivity index (χ4v) is 5.31. The average molecular weight is 427 g/mol. The van der Waals surface area contributed by atoms with Crippen LogP contribution in [0.4, 0.5) is 5.69 Å². The van der Waals surface area contributed by atoms with Crippen molar-refractivity contribution in [1.29, 1.82) is 0 Å². The number of carbonyl (C=O) groups is 1. The van der Waals surface area contributed by atoms with Crippen LogP contribution in [-0.4, -0.2) is 31.5 Å². The van der Waals surface area contributed by atoms with Crippen LogP contribution in [0, 0.1) is 5.92 Å². The van der Waals surface area contributed by atoms with E-state index in [-0.39, 0.29) is 11.8 Å². The van der Waals surface area contributed by atoms with Crippen LogP contribution < -0.4 is 10.0 Å². The lowest BCUT2D eigenvalue weighted by Gasteiger charge is -2.31. The first kappa shape index (κ1) is 21.1. The van der Waals surface area contributed by atoms with Gasteiger partial charge in [-0.3, -0.25) is 4.79 Å². The number of ketones is 1. The predicted molar refractivity (Wildman–Crippen MR) is 121 cm³/mol. The Labute approximate surface area is 179 Å². The molecule has 1 saturated carbocycles. The zero-order valence-corrected chi connectivity index (χ0v) is 18.7. The third kappa shape index (κ3) is 4.03. The Morgan fingerprint density at radius 3 is 2.20 bits per heavy atom. The Morgan fingerprint density at radius 1 is 0.900 bits per heavy atom. The summed E-state index contributed by atoms with van der Waals surface area (Å²) >= 11 is 0. The van der Waals surface area contributed by atoms with E-state index in [1.165, 1.54) is 0 Å². The zero-order chi connectivity index (χ0) is 21.5. The summed E-state index contributed by atoms with van der Waals surface area (Å²) in [7, 11) is -3.30. The molecule has 0 atom stereocenters. The molecule has 2 aromatic rings. The minimum absolute atomic E-state index is 0.0293. The standard InChI is InChI=1S/C24H30N2O3S/c1-24(2,3)30(28,29)26-17-10-8-16(9-11-17)15-25-18-12-13-20-19-6-4-5-7-21(19)23(27)22(20)14-18/h4-7,12-14,16-17,25-26H,8-11,15H2,1-3H3. The molecule has 2 aliphatic carbocycles. The Kier molecular flexibility index (Phi) is 5.49. The number of carbonyl (C=O) groups excluding carboxylic acids is 1. The lowest BCUT2D eigenvalue weighted by Crippen LogP contribution is -2.46. The maximum absolute atomic E-state index is 12.7. The summed E-state index contributed by atoms with van der Waals surface area (Å²) in [5, 5.41) is 3.49. The first-order chi connectivity index (χ1) is 14.2. The highest BCUT2D eigenvalue weighted by Gasteiger charge is 2.33. The van der Waals surface area contributed by atoms with Crippen LogP contribution in [-0.2, 0) is 10.0 Å². The molecule has 2 N–H and O–H groups in total. The third-order valence-electron chi connectivity index (χ3n) is 6.30. The van der Waals surface area contributed by atoms with Gasteiger partial charge in [0.05, 0.1) is 4.75 Å². The van der Waals surface area contributed by atoms with Gasteiger partial charge in [-0.2, -0.15) is 0 Å². The van der Waals surface area contributed by atoms with Crippen LogP contribution in [0.2, 0.25) is 0 Å². The van der Waals surface area contributed by atoms with Crippen molar-refractivity contribution in [3.8, 4) is 11.1 Å². The van der Waals surface area contributed by atoms with E-state index in [0.717, 1.165) is 60.2 Å². The molecule has 0 radical (unpaired) electrons. The third-order valence-corrected chi connectivity index (χ3v) is 8.55. The zero-order valence-electron chi connectivity index (χ0n) is 17.9. The van der Waals surface area contributed by atoms with Gasteiger partial charge >= 0.3 is 0 Å². The van der Waals surface area contributed by atoms with Gasteiger partial charge in [-0.1, -0.05) is 30.3 Å². The molecule has 2 aliphatic rings. The van der Waals surface area contributed by atoms with E-state index in [2.05, 4.69) is 10.0 Å². The van der Waals surface area contributed by atoms with Gasteiger partial charge < -0.3 is 5.32 Å². The van der Waals surface area contributed by atoms with E-state index in [1.807, 2.05) is 42.5 Å². The molecule has 160 valence electrons. The SMILES string of the molecule is CC(C)(C)S(=O)(=O)NC1CCC(CNc2ccc3c(c2)C(=O)c2ccccc2-3)CC1. The number of hydrogen-bond acceptors (Lipinski definition) is 4.